The van der Waals surface area contributed by atoms with E-state index in [4.69, 9.17) is 9.84 Å². The summed E-state index contributed by atoms with van der Waals surface area (Å²) in [4.78, 5) is 21.1. The fourth-order valence-corrected chi connectivity index (χ4v) is 0.964. The van der Waals surface area contributed by atoms with Crippen LogP contribution in [-0.4, -0.2) is 17.0 Å². The van der Waals surface area contributed by atoms with Gasteiger partial charge in [-0.25, -0.2) is 9.59 Å². The summed E-state index contributed by atoms with van der Waals surface area (Å²) in [7, 11) is 0. The summed E-state index contributed by atoms with van der Waals surface area (Å²) in [5, 5.41) is 8.25. The molecule has 0 amide bonds. The van der Waals surface area contributed by atoms with Gasteiger partial charge >= 0.3 is 11.9 Å². The molecule has 0 saturated heterocycles. The molecule has 0 heterocycles. The van der Waals surface area contributed by atoms with Gasteiger partial charge in [-0.1, -0.05) is 12.2 Å². The maximum Gasteiger partial charge on any atom is 0.336 e. The topological polar surface area (TPSA) is 63.6 Å². The van der Waals surface area contributed by atoms with Gasteiger partial charge in [-0.3, -0.25) is 0 Å². The average Bonchev–Trinajstić information content (AvgIpc) is 2.16. The molecule has 0 spiro atoms. The number of carbonyl (C=O) groups is 2. The van der Waals surface area contributed by atoms with Crippen molar-refractivity contribution in [3.8, 4) is 0 Å². The van der Waals surface area contributed by atoms with Gasteiger partial charge in [0.2, 0.25) is 0 Å². The number of ether oxygens (including phenoxy) is 1. The molecule has 0 saturated carbocycles. The number of aliphatic carboxylic acids is 1. The molecule has 0 aromatic heterocycles. The Kier molecular flexibility index (Phi) is 3.67. The van der Waals surface area contributed by atoms with Crippen molar-refractivity contribution < 1.29 is 19.4 Å². The molecule has 74 valence electrons. The number of allylic oxidation sites excluding steroid dienone is 3. The van der Waals surface area contributed by atoms with Crippen LogP contribution in [0.15, 0.2) is 36.1 Å². The molecule has 0 unspecified atom stereocenters. The van der Waals surface area contributed by atoms with Gasteiger partial charge in [-0.2, -0.15) is 0 Å². The lowest BCUT2D eigenvalue weighted by molar-refractivity contribution is -0.135. The van der Waals surface area contributed by atoms with Gasteiger partial charge in [0.1, 0.15) is 5.76 Å². The summed E-state index contributed by atoms with van der Waals surface area (Å²) < 4.78 is 4.86. The Morgan fingerprint density at radius 1 is 1.36 bits per heavy atom. The Labute approximate surface area is 81.2 Å². The Balaban J connectivity index is 2.41. The molecule has 0 atom stereocenters. The first-order valence-corrected chi connectivity index (χ1v) is 4.15. The van der Waals surface area contributed by atoms with Crippen LogP contribution in [0.2, 0.25) is 0 Å². The largest absolute Gasteiger partial charge is 0.478 e. The van der Waals surface area contributed by atoms with E-state index in [2.05, 4.69) is 0 Å². The van der Waals surface area contributed by atoms with Gasteiger partial charge in [0, 0.05) is 18.6 Å². The first kappa shape index (κ1) is 10.2. The molecule has 4 heteroatoms. The van der Waals surface area contributed by atoms with Crippen LogP contribution in [0.5, 0.6) is 0 Å². The van der Waals surface area contributed by atoms with Gasteiger partial charge in [0.15, 0.2) is 0 Å². The van der Waals surface area contributed by atoms with Crippen LogP contribution < -0.4 is 0 Å². The van der Waals surface area contributed by atoms with Crippen LogP contribution in [0.4, 0.5) is 0 Å². The van der Waals surface area contributed by atoms with Gasteiger partial charge in [-0.15, -0.1) is 0 Å². The second-order valence-electron chi connectivity index (χ2n) is 2.67. The standard InChI is InChI=1S/C10H10O4/c11-9(12)6-7-10(13)14-8-4-2-1-3-5-8/h1-2,5-7H,3-4H2,(H,11,12). The molecule has 0 aromatic rings. The van der Waals surface area contributed by atoms with Gasteiger partial charge in [-0.05, 0) is 12.5 Å². The van der Waals surface area contributed by atoms with Crippen LogP contribution in [-0.2, 0) is 14.3 Å². The van der Waals surface area contributed by atoms with E-state index in [1.54, 1.807) is 6.08 Å². The molecule has 1 aliphatic rings. The Bertz CT molecular complexity index is 323. The van der Waals surface area contributed by atoms with Crippen LogP contribution in [0, 0.1) is 0 Å². The van der Waals surface area contributed by atoms with Crippen molar-refractivity contribution in [1.82, 2.24) is 0 Å². The minimum absolute atomic E-state index is 0.563. The van der Waals surface area contributed by atoms with E-state index in [-0.39, 0.29) is 0 Å². The summed E-state index contributed by atoms with van der Waals surface area (Å²) in [6, 6.07) is 0. The molecule has 1 N–H and O–H groups in total. The molecule has 1 rings (SSSR count). The highest BCUT2D eigenvalue weighted by Crippen LogP contribution is 2.12. The van der Waals surface area contributed by atoms with Crippen molar-refractivity contribution in [2.75, 3.05) is 0 Å². The highest BCUT2D eigenvalue weighted by Gasteiger charge is 2.04. The van der Waals surface area contributed by atoms with E-state index in [9.17, 15) is 9.59 Å². The lowest BCUT2D eigenvalue weighted by Crippen LogP contribution is -2.02. The van der Waals surface area contributed by atoms with Crippen molar-refractivity contribution >= 4 is 11.9 Å². The number of hydrogen-bond acceptors (Lipinski definition) is 3. The SMILES string of the molecule is O=C(O)C=CC(=O)OC1=CCC=CC1. The van der Waals surface area contributed by atoms with E-state index in [1.807, 2.05) is 12.2 Å². The molecule has 0 aliphatic heterocycles. The van der Waals surface area contributed by atoms with Crippen LogP contribution >= 0.6 is 0 Å². The van der Waals surface area contributed by atoms with Crippen molar-refractivity contribution in [3.05, 3.63) is 36.1 Å². The van der Waals surface area contributed by atoms with Gasteiger partial charge in [0.05, 0.1) is 0 Å². The average molecular weight is 194 g/mol. The quantitative estimate of drug-likeness (QED) is 0.419. The summed E-state index contributed by atoms with van der Waals surface area (Å²) >= 11 is 0. The number of carbonyl (C=O) groups excluding carboxylic acids is 1. The third-order valence-corrected chi connectivity index (χ3v) is 1.56. The van der Waals surface area contributed by atoms with E-state index < -0.39 is 11.9 Å². The zero-order valence-electron chi connectivity index (χ0n) is 7.47. The van der Waals surface area contributed by atoms with E-state index in [1.165, 1.54) is 0 Å². The molecule has 0 bridgehead atoms. The fraction of sp³-hybridized carbons (Fsp3) is 0.200. The molecule has 0 fully saturated rings. The van der Waals surface area contributed by atoms with Crippen molar-refractivity contribution in [2.45, 2.75) is 12.8 Å². The maximum absolute atomic E-state index is 11.0. The van der Waals surface area contributed by atoms with Crippen LogP contribution in [0.1, 0.15) is 12.8 Å². The maximum atomic E-state index is 11.0. The lowest BCUT2D eigenvalue weighted by Gasteiger charge is -2.06. The van der Waals surface area contributed by atoms with Crippen molar-refractivity contribution in [3.63, 3.8) is 0 Å². The molecule has 0 aromatic carbocycles. The smallest absolute Gasteiger partial charge is 0.336 e. The normalized spacial score (nSPS) is 15.3. The van der Waals surface area contributed by atoms with Crippen molar-refractivity contribution in [2.24, 2.45) is 0 Å². The Morgan fingerprint density at radius 3 is 2.71 bits per heavy atom. The number of hydrogen-bond donors (Lipinski definition) is 1. The molecule has 4 nitrogen and oxygen atoms in total. The molecule has 14 heavy (non-hydrogen) atoms. The summed E-state index contributed by atoms with van der Waals surface area (Å²) in [5.41, 5.74) is 0. The van der Waals surface area contributed by atoms with Crippen LogP contribution in [0.25, 0.3) is 0 Å². The molecule has 0 radical (unpaired) electrons. The second-order valence-corrected chi connectivity index (χ2v) is 2.67. The lowest BCUT2D eigenvalue weighted by atomic mass is 10.2. The monoisotopic (exact) mass is 194 g/mol. The van der Waals surface area contributed by atoms with E-state index in [0.29, 0.717) is 12.2 Å². The summed E-state index contributed by atoms with van der Waals surface area (Å²) in [5.74, 6) is -1.26. The number of esters is 1. The number of carboxylic acid groups (broad SMARTS) is 1. The van der Waals surface area contributed by atoms with E-state index in [0.717, 1.165) is 18.6 Å². The third kappa shape index (κ3) is 3.71. The molecule has 1 aliphatic carbocycles. The van der Waals surface area contributed by atoms with Gasteiger partial charge < -0.3 is 9.84 Å². The van der Waals surface area contributed by atoms with Crippen molar-refractivity contribution in [1.29, 1.82) is 0 Å². The predicted octanol–water partition coefficient (Wildman–Crippen LogP) is 1.40. The zero-order valence-corrected chi connectivity index (χ0v) is 7.47. The number of carboxylic acids is 1. The Hall–Kier alpha value is -1.84. The highest BCUT2D eigenvalue weighted by molar-refractivity contribution is 5.91. The first-order chi connectivity index (χ1) is 6.68. The fourth-order valence-electron chi connectivity index (χ4n) is 0.964. The second kappa shape index (κ2) is 5.01. The highest BCUT2D eigenvalue weighted by atomic mass is 16.5. The van der Waals surface area contributed by atoms with Gasteiger partial charge in [0.25, 0.3) is 0 Å². The minimum Gasteiger partial charge on any atom is -0.478 e. The molecular formula is C10H10O4. The summed E-state index contributed by atoms with van der Waals surface area (Å²) in [6.45, 7) is 0. The first-order valence-electron chi connectivity index (χ1n) is 4.15. The third-order valence-electron chi connectivity index (χ3n) is 1.56. The van der Waals surface area contributed by atoms with E-state index >= 15 is 0 Å². The van der Waals surface area contributed by atoms with Crippen LogP contribution in [0.3, 0.4) is 0 Å². The Morgan fingerprint density at radius 2 is 2.14 bits per heavy atom. The minimum atomic E-state index is -1.17. The number of rotatable bonds is 3. The summed E-state index contributed by atoms with van der Waals surface area (Å²) in [6.07, 6.45) is 8.60. The predicted molar refractivity (Wildman–Crippen MR) is 49.3 cm³/mol. The zero-order chi connectivity index (χ0) is 10.4. The molecular weight excluding hydrogens is 184 g/mol.